The Morgan fingerprint density at radius 3 is 2.45 bits per heavy atom. The number of rotatable bonds is 7. The predicted molar refractivity (Wildman–Crippen MR) is 132 cm³/mol. The van der Waals surface area contributed by atoms with Crippen LogP contribution in [-0.4, -0.2) is 42.7 Å². The number of anilines is 2. The number of para-hydroxylation sites is 1. The molecule has 164 valence electrons. The lowest BCUT2D eigenvalue weighted by Gasteiger charge is -2.30. The Hall–Kier alpha value is -2.08. The van der Waals surface area contributed by atoms with Crippen LogP contribution in [0.4, 0.5) is 11.8 Å². The fourth-order valence-corrected chi connectivity index (χ4v) is 4.73. The molecule has 0 saturated heterocycles. The van der Waals surface area contributed by atoms with E-state index in [2.05, 4.69) is 16.7 Å². The molecule has 0 bridgehead atoms. The maximum absolute atomic E-state index is 6.28. The summed E-state index contributed by atoms with van der Waals surface area (Å²) in [5.74, 6) is 1.67. The summed E-state index contributed by atoms with van der Waals surface area (Å²) in [6.07, 6.45) is 5.40. The number of aromatic nitrogens is 2. The van der Waals surface area contributed by atoms with Crippen LogP contribution in [-0.2, 0) is 6.42 Å². The SMILES string of the molecule is CN(C)c1nc(N[C@H]2CC[C@@H](NCCc3ccc(Cl)cc3Cl)CC2)nc2ccccc12. The third kappa shape index (κ3) is 5.59. The Morgan fingerprint density at radius 1 is 0.968 bits per heavy atom. The van der Waals surface area contributed by atoms with E-state index in [1.54, 1.807) is 0 Å². The second kappa shape index (κ2) is 10.0. The van der Waals surface area contributed by atoms with Crippen molar-refractivity contribution in [2.75, 3.05) is 30.9 Å². The quantitative estimate of drug-likeness (QED) is 0.486. The van der Waals surface area contributed by atoms with Crippen molar-refractivity contribution in [1.29, 1.82) is 0 Å². The van der Waals surface area contributed by atoms with Gasteiger partial charge in [0.1, 0.15) is 5.82 Å². The molecule has 0 unspecified atom stereocenters. The zero-order valence-corrected chi connectivity index (χ0v) is 19.5. The molecule has 2 aromatic carbocycles. The maximum atomic E-state index is 6.28. The molecule has 1 saturated carbocycles. The standard InChI is InChI=1S/C24H29Cl2N5/c1-31(2)23-20-5-3-4-6-22(20)29-24(30-23)28-19-11-9-18(10-12-19)27-14-13-16-7-8-17(25)15-21(16)26/h3-8,15,18-19,27H,9-14H2,1-2H3,(H,28,29,30)/t18-,19+. The van der Waals surface area contributed by atoms with Crippen LogP contribution in [0.3, 0.4) is 0 Å². The summed E-state index contributed by atoms with van der Waals surface area (Å²) in [4.78, 5) is 11.6. The van der Waals surface area contributed by atoms with Gasteiger partial charge >= 0.3 is 0 Å². The van der Waals surface area contributed by atoms with Crippen molar-refractivity contribution in [3.8, 4) is 0 Å². The lowest BCUT2D eigenvalue weighted by Crippen LogP contribution is -2.38. The molecule has 0 amide bonds. The Labute approximate surface area is 194 Å². The Morgan fingerprint density at radius 2 is 1.71 bits per heavy atom. The van der Waals surface area contributed by atoms with E-state index in [1.807, 2.05) is 55.4 Å². The van der Waals surface area contributed by atoms with Gasteiger partial charge in [-0.05, 0) is 68.5 Å². The molecule has 2 N–H and O–H groups in total. The molecule has 7 heteroatoms. The van der Waals surface area contributed by atoms with Gasteiger partial charge in [0, 0.05) is 41.6 Å². The lowest BCUT2D eigenvalue weighted by molar-refractivity contribution is 0.355. The molecule has 31 heavy (non-hydrogen) atoms. The van der Waals surface area contributed by atoms with Gasteiger partial charge in [-0.1, -0.05) is 41.4 Å². The van der Waals surface area contributed by atoms with Gasteiger partial charge in [-0.25, -0.2) is 4.98 Å². The van der Waals surface area contributed by atoms with Crippen LogP contribution < -0.4 is 15.5 Å². The number of halogens is 2. The number of fused-ring (bicyclic) bond motifs is 1. The van der Waals surface area contributed by atoms with E-state index in [9.17, 15) is 0 Å². The van der Waals surface area contributed by atoms with Crippen LogP contribution >= 0.6 is 23.2 Å². The summed E-state index contributed by atoms with van der Waals surface area (Å²) in [5, 5.41) is 9.77. The summed E-state index contributed by atoms with van der Waals surface area (Å²) >= 11 is 12.3. The van der Waals surface area contributed by atoms with Crippen LogP contribution in [0.25, 0.3) is 10.9 Å². The number of hydrogen-bond acceptors (Lipinski definition) is 5. The lowest BCUT2D eigenvalue weighted by atomic mass is 9.91. The van der Waals surface area contributed by atoms with Gasteiger partial charge in [-0.15, -0.1) is 0 Å². The average Bonchev–Trinajstić information content (AvgIpc) is 2.76. The van der Waals surface area contributed by atoms with E-state index < -0.39 is 0 Å². The second-order valence-corrected chi connectivity index (χ2v) is 9.26. The molecule has 1 aromatic heterocycles. The minimum absolute atomic E-state index is 0.403. The first-order chi connectivity index (χ1) is 15.0. The molecular weight excluding hydrogens is 429 g/mol. The van der Waals surface area contributed by atoms with Crippen molar-refractivity contribution >= 4 is 45.9 Å². The number of benzene rings is 2. The normalized spacial score (nSPS) is 18.8. The van der Waals surface area contributed by atoms with E-state index in [4.69, 9.17) is 33.2 Å². The summed E-state index contributed by atoms with van der Waals surface area (Å²) in [7, 11) is 4.04. The molecule has 4 rings (SSSR count). The van der Waals surface area contributed by atoms with Gasteiger partial charge in [0.15, 0.2) is 0 Å². The molecule has 1 fully saturated rings. The molecule has 1 heterocycles. The number of nitrogens with one attached hydrogen (secondary N) is 2. The van der Waals surface area contributed by atoms with Crippen molar-refractivity contribution in [2.45, 2.75) is 44.2 Å². The topological polar surface area (TPSA) is 53.1 Å². The largest absolute Gasteiger partial charge is 0.362 e. The van der Waals surface area contributed by atoms with Crippen molar-refractivity contribution in [3.05, 3.63) is 58.1 Å². The highest BCUT2D eigenvalue weighted by Crippen LogP contribution is 2.26. The minimum Gasteiger partial charge on any atom is -0.362 e. The second-order valence-electron chi connectivity index (χ2n) is 8.42. The van der Waals surface area contributed by atoms with Crippen molar-refractivity contribution in [2.24, 2.45) is 0 Å². The van der Waals surface area contributed by atoms with E-state index in [1.165, 1.54) is 0 Å². The van der Waals surface area contributed by atoms with E-state index in [0.29, 0.717) is 17.1 Å². The first-order valence-corrected chi connectivity index (χ1v) is 11.6. The van der Waals surface area contributed by atoms with E-state index in [0.717, 1.165) is 71.9 Å². The molecule has 5 nitrogen and oxygen atoms in total. The van der Waals surface area contributed by atoms with E-state index in [-0.39, 0.29) is 0 Å². The predicted octanol–water partition coefficient (Wildman–Crippen LogP) is 5.56. The molecule has 1 aliphatic rings. The summed E-state index contributed by atoms with van der Waals surface area (Å²) in [5.41, 5.74) is 2.11. The first kappa shape index (κ1) is 22.1. The summed E-state index contributed by atoms with van der Waals surface area (Å²) in [6, 6.07) is 14.8. The van der Waals surface area contributed by atoms with Gasteiger partial charge in [0.25, 0.3) is 0 Å². The van der Waals surface area contributed by atoms with Gasteiger partial charge in [0.2, 0.25) is 5.95 Å². The third-order valence-corrected chi connectivity index (χ3v) is 6.50. The minimum atomic E-state index is 0.403. The van der Waals surface area contributed by atoms with Gasteiger partial charge in [-0.2, -0.15) is 4.98 Å². The van der Waals surface area contributed by atoms with Crippen LogP contribution in [0.15, 0.2) is 42.5 Å². The monoisotopic (exact) mass is 457 g/mol. The molecule has 0 spiro atoms. The molecule has 0 aliphatic heterocycles. The van der Waals surface area contributed by atoms with Crippen molar-refractivity contribution in [3.63, 3.8) is 0 Å². The van der Waals surface area contributed by atoms with Gasteiger partial charge in [0.05, 0.1) is 5.52 Å². The zero-order valence-electron chi connectivity index (χ0n) is 18.0. The Bertz CT molecular complexity index is 1030. The molecule has 1 aliphatic carbocycles. The highest BCUT2D eigenvalue weighted by molar-refractivity contribution is 6.35. The van der Waals surface area contributed by atoms with Crippen molar-refractivity contribution in [1.82, 2.24) is 15.3 Å². The summed E-state index contributed by atoms with van der Waals surface area (Å²) in [6.45, 7) is 0.921. The zero-order chi connectivity index (χ0) is 21.8. The van der Waals surface area contributed by atoms with Crippen LogP contribution in [0.1, 0.15) is 31.2 Å². The van der Waals surface area contributed by atoms with Crippen LogP contribution in [0.5, 0.6) is 0 Å². The Balaban J connectivity index is 1.29. The molecular formula is C24H29Cl2N5. The highest BCUT2D eigenvalue weighted by Gasteiger charge is 2.22. The van der Waals surface area contributed by atoms with Gasteiger partial charge in [-0.3, -0.25) is 0 Å². The summed E-state index contributed by atoms with van der Waals surface area (Å²) < 4.78 is 0. The van der Waals surface area contributed by atoms with Crippen LogP contribution in [0.2, 0.25) is 10.0 Å². The van der Waals surface area contributed by atoms with Gasteiger partial charge < -0.3 is 15.5 Å². The fraction of sp³-hybridized carbons (Fsp3) is 0.417. The number of hydrogen-bond donors (Lipinski definition) is 2. The maximum Gasteiger partial charge on any atom is 0.225 e. The van der Waals surface area contributed by atoms with E-state index >= 15 is 0 Å². The Kier molecular flexibility index (Phi) is 7.16. The van der Waals surface area contributed by atoms with Crippen LogP contribution in [0, 0.1) is 0 Å². The third-order valence-electron chi connectivity index (χ3n) is 5.91. The average molecular weight is 458 g/mol. The smallest absolute Gasteiger partial charge is 0.225 e. The molecule has 0 radical (unpaired) electrons. The molecule has 0 atom stereocenters. The fourth-order valence-electron chi connectivity index (χ4n) is 4.23. The van der Waals surface area contributed by atoms with Crippen molar-refractivity contribution < 1.29 is 0 Å². The first-order valence-electron chi connectivity index (χ1n) is 10.9. The number of nitrogens with zero attached hydrogens (tertiary/aromatic N) is 3. The highest BCUT2D eigenvalue weighted by atomic mass is 35.5. The molecule has 3 aromatic rings.